The minimum atomic E-state index is -0.507. The van der Waals surface area contributed by atoms with Gasteiger partial charge in [0.1, 0.15) is 11.6 Å². The highest BCUT2D eigenvalue weighted by molar-refractivity contribution is 7.05. The average molecular weight is 311 g/mol. The van der Waals surface area contributed by atoms with Crippen molar-refractivity contribution in [2.45, 2.75) is 39.2 Å². The molecule has 0 aliphatic carbocycles. The van der Waals surface area contributed by atoms with Gasteiger partial charge >= 0.3 is 0 Å². The zero-order valence-corrected chi connectivity index (χ0v) is 13.0. The molecule has 3 nitrogen and oxygen atoms in total. The van der Waals surface area contributed by atoms with Crippen LogP contribution in [0.1, 0.15) is 42.4 Å². The standard InChI is InChI=1S/C15H19F2N3S/c1-3-6-13-15(21-20-19-13)14(18-4-2)9-10-11(16)7-5-8-12(10)17/h5,7-8,14,18H,3-4,6,9H2,1-2H3. The quantitative estimate of drug-likeness (QED) is 0.848. The van der Waals surface area contributed by atoms with E-state index < -0.39 is 11.6 Å². The van der Waals surface area contributed by atoms with Gasteiger partial charge in [-0.3, -0.25) is 0 Å². The van der Waals surface area contributed by atoms with E-state index in [0.717, 1.165) is 23.4 Å². The molecule has 2 aromatic rings. The molecule has 0 bridgehead atoms. The van der Waals surface area contributed by atoms with Crippen LogP contribution >= 0.6 is 11.5 Å². The van der Waals surface area contributed by atoms with Crippen LogP contribution in [0.5, 0.6) is 0 Å². The molecule has 0 aliphatic rings. The summed E-state index contributed by atoms with van der Waals surface area (Å²) in [5.74, 6) is -1.01. The van der Waals surface area contributed by atoms with Gasteiger partial charge in [-0.25, -0.2) is 8.78 Å². The Labute approximate surface area is 127 Å². The molecule has 114 valence electrons. The van der Waals surface area contributed by atoms with E-state index >= 15 is 0 Å². The van der Waals surface area contributed by atoms with Crippen LogP contribution in [0, 0.1) is 11.6 Å². The van der Waals surface area contributed by atoms with E-state index in [1.165, 1.54) is 29.7 Å². The Kier molecular flexibility index (Phi) is 5.76. The molecule has 0 fully saturated rings. The van der Waals surface area contributed by atoms with E-state index in [1.807, 2.05) is 6.92 Å². The van der Waals surface area contributed by atoms with Gasteiger partial charge < -0.3 is 5.32 Å². The van der Waals surface area contributed by atoms with Crippen LogP contribution in [0.15, 0.2) is 18.2 Å². The number of nitrogens with one attached hydrogen (secondary N) is 1. The van der Waals surface area contributed by atoms with E-state index in [0.29, 0.717) is 6.54 Å². The van der Waals surface area contributed by atoms with Gasteiger partial charge in [0.05, 0.1) is 10.6 Å². The molecular weight excluding hydrogens is 292 g/mol. The van der Waals surface area contributed by atoms with Gasteiger partial charge in [-0.1, -0.05) is 30.8 Å². The lowest BCUT2D eigenvalue weighted by Crippen LogP contribution is -2.24. The van der Waals surface area contributed by atoms with Crippen LogP contribution in [0.3, 0.4) is 0 Å². The van der Waals surface area contributed by atoms with E-state index in [9.17, 15) is 8.78 Å². The molecule has 0 saturated carbocycles. The van der Waals surface area contributed by atoms with Crippen molar-refractivity contribution in [1.29, 1.82) is 0 Å². The Morgan fingerprint density at radius 2 is 1.95 bits per heavy atom. The molecule has 1 unspecified atom stereocenters. The highest BCUT2D eigenvalue weighted by atomic mass is 32.1. The van der Waals surface area contributed by atoms with Gasteiger partial charge in [0.2, 0.25) is 0 Å². The van der Waals surface area contributed by atoms with Gasteiger partial charge in [0, 0.05) is 11.6 Å². The van der Waals surface area contributed by atoms with E-state index in [4.69, 9.17) is 0 Å². The summed E-state index contributed by atoms with van der Waals surface area (Å²) in [4.78, 5) is 0.973. The first-order valence-electron chi connectivity index (χ1n) is 7.14. The molecule has 21 heavy (non-hydrogen) atoms. The molecule has 0 aliphatic heterocycles. The molecule has 0 amide bonds. The molecule has 6 heteroatoms. The fourth-order valence-corrected chi connectivity index (χ4v) is 3.10. The molecule has 1 aromatic heterocycles. The largest absolute Gasteiger partial charge is 0.309 e. The number of rotatable bonds is 7. The molecule has 0 saturated heterocycles. The number of nitrogens with zero attached hydrogens (tertiary/aromatic N) is 2. The summed E-state index contributed by atoms with van der Waals surface area (Å²) in [6.07, 6.45) is 2.05. The lowest BCUT2D eigenvalue weighted by atomic mass is 10.0. The molecule has 2 rings (SSSR count). The van der Waals surface area contributed by atoms with E-state index in [2.05, 4.69) is 21.8 Å². The highest BCUT2D eigenvalue weighted by Crippen LogP contribution is 2.27. The third-order valence-corrected chi connectivity index (χ3v) is 4.19. The van der Waals surface area contributed by atoms with Gasteiger partial charge in [-0.15, -0.1) is 5.10 Å². The highest BCUT2D eigenvalue weighted by Gasteiger charge is 2.21. The maximum Gasteiger partial charge on any atom is 0.129 e. The Balaban J connectivity index is 2.29. The number of likely N-dealkylation sites (N-methyl/N-ethyl adjacent to an activating group) is 1. The van der Waals surface area contributed by atoms with Crippen LogP contribution in [0.25, 0.3) is 0 Å². The summed E-state index contributed by atoms with van der Waals surface area (Å²) in [7, 11) is 0. The van der Waals surface area contributed by atoms with Crippen molar-refractivity contribution >= 4 is 11.5 Å². The summed E-state index contributed by atoms with van der Waals surface area (Å²) in [6.45, 7) is 4.75. The first-order chi connectivity index (χ1) is 10.2. The predicted molar refractivity (Wildman–Crippen MR) is 80.4 cm³/mol. The van der Waals surface area contributed by atoms with Crippen molar-refractivity contribution in [3.63, 3.8) is 0 Å². The Morgan fingerprint density at radius 3 is 2.57 bits per heavy atom. The molecule has 1 atom stereocenters. The lowest BCUT2D eigenvalue weighted by Gasteiger charge is -2.18. The smallest absolute Gasteiger partial charge is 0.129 e. The number of aryl methyl sites for hydroxylation is 1. The molecule has 1 heterocycles. The maximum atomic E-state index is 13.8. The van der Waals surface area contributed by atoms with Crippen molar-refractivity contribution in [3.05, 3.63) is 46.0 Å². The fraction of sp³-hybridized carbons (Fsp3) is 0.467. The van der Waals surface area contributed by atoms with Crippen molar-refractivity contribution in [2.24, 2.45) is 0 Å². The summed E-state index contributed by atoms with van der Waals surface area (Å²) < 4.78 is 31.7. The number of halogens is 2. The summed E-state index contributed by atoms with van der Waals surface area (Å²) in [5.41, 5.74) is 1.03. The van der Waals surface area contributed by atoms with Gasteiger partial charge in [-0.2, -0.15) is 0 Å². The maximum absolute atomic E-state index is 13.8. The minimum absolute atomic E-state index is 0.110. The first-order valence-corrected chi connectivity index (χ1v) is 7.92. The number of aromatic nitrogens is 2. The lowest BCUT2D eigenvalue weighted by molar-refractivity contribution is 0.501. The predicted octanol–water partition coefficient (Wildman–Crippen LogP) is 3.66. The Morgan fingerprint density at radius 1 is 1.24 bits per heavy atom. The summed E-state index contributed by atoms with van der Waals surface area (Å²) in [6, 6.07) is 3.80. The van der Waals surface area contributed by atoms with Crippen LogP contribution < -0.4 is 5.32 Å². The van der Waals surface area contributed by atoms with E-state index in [1.54, 1.807) is 0 Å². The molecule has 0 spiro atoms. The van der Waals surface area contributed by atoms with Crippen molar-refractivity contribution in [1.82, 2.24) is 14.9 Å². The topological polar surface area (TPSA) is 37.8 Å². The number of hydrogen-bond donors (Lipinski definition) is 1. The van der Waals surface area contributed by atoms with E-state index in [-0.39, 0.29) is 18.0 Å². The zero-order chi connectivity index (χ0) is 15.2. The molecule has 1 N–H and O–H groups in total. The third kappa shape index (κ3) is 3.83. The van der Waals surface area contributed by atoms with Gasteiger partial charge in [0.25, 0.3) is 0 Å². The summed E-state index contributed by atoms with van der Waals surface area (Å²) >= 11 is 1.30. The first kappa shape index (κ1) is 16.0. The zero-order valence-electron chi connectivity index (χ0n) is 12.2. The monoisotopic (exact) mass is 311 g/mol. The van der Waals surface area contributed by atoms with Gasteiger partial charge in [-0.05, 0) is 43.1 Å². The molecule has 1 aromatic carbocycles. The second kappa shape index (κ2) is 7.56. The molecule has 0 radical (unpaired) electrons. The normalized spacial score (nSPS) is 12.6. The van der Waals surface area contributed by atoms with Crippen molar-refractivity contribution in [3.8, 4) is 0 Å². The second-order valence-corrected chi connectivity index (χ2v) is 5.63. The van der Waals surface area contributed by atoms with Crippen LogP contribution in [-0.4, -0.2) is 16.1 Å². The Bertz CT molecular complexity index is 566. The number of hydrogen-bond acceptors (Lipinski definition) is 4. The van der Waals surface area contributed by atoms with Crippen LogP contribution in [-0.2, 0) is 12.8 Å². The van der Waals surface area contributed by atoms with Gasteiger partial charge in [0.15, 0.2) is 0 Å². The average Bonchev–Trinajstić information content (AvgIpc) is 2.90. The Hall–Kier alpha value is -1.40. The molecular formula is C15H19F2N3S. The minimum Gasteiger partial charge on any atom is -0.309 e. The fourth-order valence-electron chi connectivity index (χ4n) is 2.33. The third-order valence-electron chi connectivity index (χ3n) is 3.31. The van der Waals surface area contributed by atoms with Crippen LogP contribution in [0.2, 0.25) is 0 Å². The van der Waals surface area contributed by atoms with Crippen molar-refractivity contribution < 1.29 is 8.78 Å². The second-order valence-electron chi connectivity index (χ2n) is 4.85. The summed E-state index contributed by atoms with van der Waals surface area (Å²) in [5, 5.41) is 7.42. The van der Waals surface area contributed by atoms with Crippen LogP contribution in [0.4, 0.5) is 8.78 Å². The number of benzene rings is 1. The van der Waals surface area contributed by atoms with Crippen molar-refractivity contribution in [2.75, 3.05) is 6.54 Å². The SMILES string of the molecule is CCCc1nnsc1C(Cc1c(F)cccc1F)NCC.